The number of rotatable bonds is 5. The van der Waals surface area contributed by atoms with Crippen LogP contribution in [0, 0.1) is 0 Å². The SMILES string of the molecule is CC1=C(C(=O)O)N2C(=O)[C@H](NC(=O)COc3ccccc3)[C@H]2CS1. The van der Waals surface area contributed by atoms with Crippen LogP contribution in [-0.2, 0) is 14.4 Å². The number of hydrogen-bond donors (Lipinski definition) is 2. The summed E-state index contributed by atoms with van der Waals surface area (Å²) in [7, 11) is 0. The van der Waals surface area contributed by atoms with Crippen LogP contribution in [0.1, 0.15) is 6.92 Å². The number of allylic oxidation sites excluding steroid dienone is 1. The first-order valence-electron chi connectivity index (χ1n) is 7.36. The smallest absolute Gasteiger partial charge is 0.353 e. The van der Waals surface area contributed by atoms with E-state index in [9.17, 15) is 19.5 Å². The highest BCUT2D eigenvalue weighted by Crippen LogP contribution is 2.38. The summed E-state index contributed by atoms with van der Waals surface area (Å²) in [4.78, 5) is 37.4. The summed E-state index contributed by atoms with van der Waals surface area (Å²) in [6, 6.07) is 7.85. The van der Waals surface area contributed by atoms with Gasteiger partial charge in [0.2, 0.25) is 0 Å². The zero-order valence-corrected chi connectivity index (χ0v) is 13.7. The maximum absolute atomic E-state index is 12.2. The highest BCUT2D eigenvalue weighted by atomic mass is 32.2. The van der Waals surface area contributed by atoms with Crippen LogP contribution in [0.2, 0.25) is 0 Å². The molecule has 2 heterocycles. The Balaban J connectivity index is 1.59. The Morgan fingerprint density at radius 3 is 2.75 bits per heavy atom. The lowest BCUT2D eigenvalue weighted by atomic mass is 9.94. The van der Waals surface area contributed by atoms with Crippen molar-refractivity contribution in [1.29, 1.82) is 0 Å². The molecule has 2 atom stereocenters. The van der Waals surface area contributed by atoms with E-state index in [4.69, 9.17) is 4.74 Å². The van der Waals surface area contributed by atoms with Crippen LogP contribution in [0.4, 0.5) is 0 Å². The van der Waals surface area contributed by atoms with Gasteiger partial charge in [0.15, 0.2) is 6.61 Å². The number of benzene rings is 1. The van der Waals surface area contributed by atoms with E-state index >= 15 is 0 Å². The second kappa shape index (κ2) is 6.56. The lowest BCUT2D eigenvalue weighted by molar-refractivity contribution is -0.153. The molecule has 2 aliphatic heterocycles. The molecule has 0 aromatic heterocycles. The van der Waals surface area contributed by atoms with Crippen LogP contribution in [0.5, 0.6) is 5.75 Å². The minimum Gasteiger partial charge on any atom is -0.484 e. The zero-order chi connectivity index (χ0) is 17.3. The first-order valence-corrected chi connectivity index (χ1v) is 8.35. The number of fused-ring (bicyclic) bond motifs is 1. The minimum absolute atomic E-state index is 0.00674. The number of carbonyl (C=O) groups excluding carboxylic acids is 2. The number of amides is 2. The number of ether oxygens (including phenoxy) is 1. The molecule has 1 fully saturated rings. The lowest BCUT2D eigenvalue weighted by Crippen LogP contribution is -2.72. The molecule has 1 saturated heterocycles. The van der Waals surface area contributed by atoms with E-state index in [0.29, 0.717) is 16.4 Å². The van der Waals surface area contributed by atoms with Crippen LogP contribution in [-0.4, -0.2) is 52.2 Å². The number of carbonyl (C=O) groups is 3. The van der Waals surface area contributed by atoms with Crippen molar-refractivity contribution in [1.82, 2.24) is 10.2 Å². The molecule has 8 heteroatoms. The van der Waals surface area contributed by atoms with Gasteiger partial charge >= 0.3 is 5.97 Å². The standard InChI is InChI=1S/C16H16N2O5S/c1-9-14(16(21)22)18-11(8-24-9)13(15(18)20)17-12(19)7-23-10-5-3-2-4-6-10/h2-6,11,13H,7-8H2,1H3,(H,17,19)(H,21,22)/t11-,13-/m1/s1. The van der Waals surface area contributed by atoms with Crippen molar-refractivity contribution in [3.63, 3.8) is 0 Å². The summed E-state index contributed by atoms with van der Waals surface area (Å²) in [5.74, 6) is -0.821. The third-order valence-corrected chi connectivity index (χ3v) is 5.03. The molecule has 0 saturated carbocycles. The van der Waals surface area contributed by atoms with Gasteiger partial charge in [-0.1, -0.05) is 18.2 Å². The second-order valence-electron chi connectivity index (χ2n) is 5.44. The van der Waals surface area contributed by atoms with E-state index in [0.717, 1.165) is 0 Å². The molecule has 0 spiro atoms. The minimum atomic E-state index is -1.13. The van der Waals surface area contributed by atoms with Gasteiger partial charge in [-0.2, -0.15) is 0 Å². The molecule has 2 aliphatic rings. The van der Waals surface area contributed by atoms with Crippen LogP contribution >= 0.6 is 11.8 Å². The number of β-lactam (4-membered cyclic amide) rings is 1. The normalized spacial score (nSPS) is 22.5. The Bertz CT molecular complexity index is 718. The van der Waals surface area contributed by atoms with E-state index in [1.165, 1.54) is 16.7 Å². The molecule has 1 aromatic rings. The van der Waals surface area contributed by atoms with Crippen molar-refractivity contribution in [2.45, 2.75) is 19.0 Å². The lowest BCUT2D eigenvalue weighted by Gasteiger charge is -2.49. The third-order valence-electron chi connectivity index (χ3n) is 3.90. The highest BCUT2D eigenvalue weighted by Gasteiger charge is 2.53. The number of carboxylic acid groups (broad SMARTS) is 1. The maximum Gasteiger partial charge on any atom is 0.353 e. The van der Waals surface area contributed by atoms with Crippen molar-refractivity contribution in [2.24, 2.45) is 0 Å². The monoisotopic (exact) mass is 348 g/mol. The van der Waals surface area contributed by atoms with Crippen molar-refractivity contribution < 1.29 is 24.2 Å². The molecular formula is C16H16N2O5S. The molecule has 0 aliphatic carbocycles. The fourth-order valence-corrected chi connectivity index (χ4v) is 3.82. The van der Waals surface area contributed by atoms with Gasteiger partial charge in [-0.05, 0) is 19.1 Å². The van der Waals surface area contributed by atoms with Gasteiger partial charge in [0, 0.05) is 10.7 Å². The van der Waals surface area contributed by atoms with E-state index in [1.54, 1.807) is 31.2 Å². The highest BCUT2D eigenvalue weighted by molar-refractivity contribution is 8.03. The van der Waals surface area contributed by atoms with Crippen molar-refractivity contribution in [3.8, 4) is 5.75 Å². The molecule has 24 heavy (non-hydrogen) atoms. The van der Waals surface area contributed by atoms with Gasteiger partial charge in [0.1, 0.15) is 17.5 Å². The van der Waals surface area contributed by atoms with Crippen LogP contribution in [0.3, 0.4) is 0 Å². The fourth-order valence-electron chi connectivity index (χ4n) is 2.73. The van der Waals surface area contributed by atoms with E-state index in [-0.39, 0.29) is 18.3 Å². The van der Waals surface area contributed by atoms with Crippen LogP contribution < -0.4 is 10.1 Å². The largest absolute Gasteiger partial charge is 0.484 e. The van der Waals surface area contributed by atoms with Crippen molar-refractivity contribution in [3.05, 3.63) is 40.9 Å². The van der Waals surface area contributed by atoms with Gasteiger partial charge in [-0.15, -0.1) is 11.8 Å². The van der Waals surface area contributed by atoms with Gasteiger partial charge in [0.25, 0.3) is 11.8 Å². The van der Waals surface area contributed by atoms with Crippen LogP contribution in [0.25, 0.3) is 0 Å². The number of hydrogen-bond acceptors (Lipinski definition) is 5. The second-order valence-corrected chi connectivity index (χ2v) is 6.68. The Kier molecular flexibility index (Phi) is 4.48. The van der Waals surface area contributed by atoms with Gasteiger partial charge < -0.3 is 15.2 Å². The Labute approximate surface area is 142 Å². The number of thioether (sulfide) groups is 1. The molecule has 2 N–H and O–H groups in total. The quantitative estimate of drug-likeness (QED) is 0.765. The van der Waals surface area contributed by atoms with Crippen molar-refractivity contribution >= 4 is 29.5 Å². The Morgan fingerprint density at radius 1 is 1.38 bits per heavy atom. The number of aliphatic carboxylic acids is 1. The summed E-state index contributed by atoms with van der Waals surface area (Å²) in [5, 5.41) is 11.9. The van der Waals surface area contributed by atoms with Gasteiger partial charge in [0.05, 0.1) is 6.04 Å². The van der Waals surface area contributed by atoms with Crippen LogP contribution in [0.15, 0.2) is 40.9 Å². The van der Waals surface area contributed by atoms with Crippen molar-refractivity contribution in [2.75, 3.05) is 12.4 Å². The number of carboxylic acids is 1. The Hall–Kier alpha value is -2.48. The summed E-state index contributed by atoms with van der Waals surface area (Å²) in [6.07, 6.45) is 0. The summed E-state index contributed by atoms with van der Waals surface area (Å²) in [6.45, 7) is 1.48. The van der Waals surface area contributed by atoms with E-state index < -0.39 is 23.8 Å². The molecule has 3 rings (SSSR count). The first-order chi connectivity index (χ1) is 11.5. The maximum atomic E-state index is 12.2. The summed E-state index contributed by atoms with van der Waals surface area (Å²) < 4.78 is 5.34. The predicted octanol–water partition coefficient (Wildman–Crippen LogP) is 0.824. The van der Waals surface area contributed by atoms with Gasteiger partial charge in [-0.3, -0.25) is 14.5 Å². The number of para-hydroxylation sites is 1. The van der Waals surface area contributed by atoms with Gasteiger partial charge in [-0.25, -0.2) is 4.79 Å². The number of nitrogens with zero attached hydrogens (tertiary/aromatic N) is 1. The first kappa shape index (κ1) is 16.4. The molecule has 126 valence electrons. The fraction of sp³-hybridized carbons (Fsp3) is 0.312. The average molecular weight is 348 g/mol. The van der Waals surface area contributed by atoms with E-state index in [2.05, 4.69) is 5.32 Å². The molecule has 1 aromatic carbocycles. The predicted molar refractivity (Wildman–Crippen MR) is 87.3 cm³/mol. The molecule has 7 nitrogen and oxygen atoms in total. The third kappa shape index (κ3) is 2.96. The zero-order valence-electron chi connectivity index (χ0n) is 12.9. The average Bonchev–Trinajstić information content (AvgIpc) is 2.58. The summed E-state index contributed by atoms with van der Waals surface area (Å²) in [5.41, 5.74) is 0.00674. The molecule has 2 amide bonds. The van der Waals surface area contributed by atoms with E-state index in [1.807, 2.05) is 6.07 Å². The topological polar surface area (TPSA) is 95.9 Å². The molecule has 0 radical (unpaired) electrons. The molecule has 0 bridgehead atoms. The molecular weight excluding hydrogens is 332 g/mol. The summed E-state index contributed by atoms with van der Waals surface area (Å²) >= 11 is 1.38. The number of nitrogens with one attached hydrogen (secondary N) is 1. The molecule has 0 unspecified atom stereocenters. The Morgan fingerprint density at radius 2 is 2.08 bits per heavy atom.